The van der Waals surface area contributed by atoms with Gasteiger partial charge in [-0.1, -0.05) is 37.1 Å². The molecule has 0 radical (unpaired) electrons. The summed E-state index contributed by atoms with van der Waals surface area (Å²) in [6, 6.07) is 7.53. The van der Waals surface area contributed by atoms with Gasteiger partial charge < -0.3 is 10.2 Å². The minimum absolute atomic E-state index is 0.0534. The van der Waals surface area contributed by atoms with Gasteiger partial charge in [-0.3, -0.25) is 14.6 Å². The van der Waals surface area contributed by atoms with Gasteiger partial charge in [0.1, 0.15) is 5.37 Å². The molecule has 2 atom stereocenters. The van der Waals surface area contributed by atoms with Gasteiger partial charge >= 0.3 is 0 Å². The number of hydrazone groups is 1. The van der Waals surface area contributed by atoms with Crippen LogP contribution < -0.4 is 5.32 Å². The highest BCUT2D eigenvalue weighted by Gasteiger charge is 2.43. The molecule has 154 valence electrons. The second-order valence-electron chi connectivity index (χ2n) is 8.21. The summed E-state index contributed by atoms with van der Waals surface area (Å²) in [6.45, 7) is 2.07. The average molecular weight is 413 g/mol. The summed E-state index contributed by atoms with van der Waals surface area (Å²) in [5, 5.41) is 10.3. The molecule has 0 saturated heterocycles. The number of hydrogen-bond acceptors (Lipinski definition) is 5. The highest BCUT2D eigenvalue weighted by Crippen LogP contribution is 2.45. The number of nitrogens with one attached hydrogen (secondary N) is 1. The van der Waals surface area contributed by atoms with Crippen molar-refractivity contribution in [2.75, 3.05) is 19.4 Å². The second-order valence-corrected chi connectivity index (χ2v) is 9.37. The van der Waals surface area contributed by atoms with Gasteiger partial charge in [0, 0.05) is 37.1 Å². The number of anilines is 1. The van der Waals surface area contributed by atoms with Crippen LogP contribution in [0.3, 0.4) is 0 Å². The Labute approximate surface area is 176 Å². The summed E-state index contributed by atoms with van der Waals surface area (Å²) in [5.41, 5.74) is 2.40. The van der Waals surface area contributed by atoms with Gasteiger partial charge in [0.25, 0.3) is 11.8 Å². The minimum atomic E-state index is -0.0903. The lowest BCUT2D eigenvalue weighted by Crippen LogP contribution is -2.37. The number of benzene rings is 1. The molecule has 1 aromatic rings. The highest BCUT2D eigenvalue weighted by molar-refractivity contribution is 8.04. The second kappa shape index (κ2) is 8.22. The van der Waals surface area contributed by atoms with Crippen LogP contribution >= 0.6 is 11.8 Å². The van der Waals surface area contributed by atoms with E-state index in [2.05, 4.69) is 23.3 Å². The van der Waals surface area contributed by atoms with Crippen LogP contribution in [0.1, 0.15) is 49.4 Å². The summed E-state index contributed by atoms with van der Waals surface area (Å²) in [7, 11) is 3.45. The number of carbonyl (C=O) groups is 2. The zero-order chi connectivity index (χ0) is 20.5. The largest absolute Gasteiger partial charge is 0.345 e. The molecular weight excluding hydrogens is 384 g/mol. The smallest absolute Gasteiger partial charge is 0.261 e. The third-order valence-electron chi connectivity index (χ3n) is 5.87. The molecule has 0 spiro atoms. The van der Waals surface area contributed by atoms with E-state index >= 15 is 0 Å². The van der Waals surface area contributed by atoms with Gasteiger partial charge in [-0.05, 0) is 44.0 Å². The molecule has 0 aromatic heterocycles. The number of amides is 2. The van der Waals surface area contributed by atoms with Crippen LogP contribution in [-0.4, -0.2) is 52.9 Å². The van der Waals surface area contributed by atoms with Crippen molar-refractivity contribution in [2.24, 2.45) is 11.0 Å². The fourth-order valence-electron chi connectivity index (χ4n) is 4.25. The Balaban J connectivity index is 1.41. The van der Waals surface area contributed by atoms with E-state index in [1.165, 1.54) is 37.0 Å². The lowest BCUT2D eigenvalue weighted by molar-refractivity contribution is -0.112. The molecule has 7 heteroatoms. The van der Waals surface area contributed by atoms with E-state index in [0.717, 1.165) is 10.6 Å². The summed E-state index contributed by atoms with van der Waals surface area (Å²) in [6.07, 6.45) is 8.31. The first-order chi connectivity index (χ1) is 13.9. The van der Waals surface area contributed by atoms with Crippen molar-refractivity contribution in [1.82, 2.24) is 9.91 Å². The Hall–Kier alpha value is -2.28. The van der Waals surface area contributed by atoms with Crippen molar-refractivity contribution in [3.8, 4) is 0 Å². The van der Waals surface area contributed by atoms with Crippen LogP contribution in [0.15, 0.2) is 40.3 Å². The monoisotopic (exact) mass is 412 g/mol. The van der Waals surface area contributed by atoms with Crippen LogP contribution in [0.5, 0.6) is 0 Å². The maximum atomic E-state index is 12.8. The van der Waals surface area contributed by atoms with E-state index < -0.39 is 0 Å². The summed E-state index contributed by atoms with van der Waals surface area (Å²) < 4.78 is 0. The first-order valence-corrected chi connectivity index (χ1v) is 11.2. The van der Waals surface area contributed by atoms with Gasteiger partial charge in [-0.25, -0.2) is 0 Å². The first kappa shape index (κ1) is 20.0. The summed E-state index contributed by atoms with van der Waals surface area (Å²) >= 11 is 1.63. The molecule has 2 unspecified atom stereocenters. The van der Waals surface area contributed by atoms with E-state index in [1.54, 1.807) is 50.1 Å². The number of thioether (sulfide) groups is 1. The van der Waals surface area contributed by atoms with E-state index in [0.29, 0.717) is 17.3 Å². The predicted molar refractivity (Wildman–Crippen MR) is 118 cm³/mol. The lowest BCUT2D eigenvalue weighted by Gasteiger charge is -2.34. The first-order valence-electron chi connectivity index (χ1n) is 10.3. The molecule has 1 fully saturated rings. The molecule has 6 nitrogen and oxygen atoms in total. The third kappa shape index (κ3) is 4.06. The van der Waals surface area contributed by atoms with Gasteiger partial charge in [0.2, 0.25) is 0 Å². The molecule has 1 aliphatic carbocycles. The molecule has 1 aromatic carbocycles. The number of rotatable bonds is 4. The fourth-order valence-corrected chi connectivity index (χ4v) is 5.64. The van der Waals surface area contributed by atoms with Gasteiger partial charge in [-0.15, -0.1) is 0 Å². The van der Waals surface area contributed by atoms with Crippen molar-refractivity contribution < 1.29 is 9.59 Å². The SMILES string of the molecule is CC1=NN(C2CCCCC2)C2SC(C(=O)Nc3ccc(C(=O)N(C)C)cc3)=CC12. The molecule has 2 aliphatic heterocycles. The molecule has 2 heterocycles. The van der Waals surface area contributed by atoms with Crippen LogP contribution in [0.2, 0.25) is 0 Å². The average Bonchev–Trinajstić information content (AvgIpc) is 3.29. The van der Waals surface area contributed by atoms with Crippen LogP contribution in [-0.2, 0) is 4.79 Å². The third-order valence-corrected chi connectivity index (χ3v) is 7.20. The Morgan fingerprint density at radius 2 is 1.83 bits per heavy atom. The lowest BCUT2D eigenvalue weighted by atomic mass is 9.94. The van der Waals surface area contributed by atoms with Crippen LogP contribution in [0, 0.1) is 5.92 Å². The molecule has 1 saturated carbocycles. The van der Waals surface area contributed by atoms with Crippen molar-refractivity contribution in [1.29, 1.82) is 0 Å². The van der Waals surface area contributed by atoms with Gasteiger partial charge in [-0.2, -0.15) is 5.10 Å². The number of carbonyl (C=O) groups excluding carboxylic acids is 2. The topological polar surface area (TPSA) is 65.0 Å². The van der Waals surface area contributed by atoms with Crippen LogP contribution in [0.25, 0.3) is 0 Å². The Morgan fingerprint density at radius 3 is 2.48 bits per heavy atom. The quantitative estimate of drug-likeness (QED) is 0.814. The molecule has 29 heavy (non-hydrogen) atoms. The van der Waals surface area contributed by atoms with Crippen molar-refractivity contribution in [2.45, 2.75) is 50.4 Å². The van der Waals surface area contributed by atoms with E-state index in [4.69, 9.17) is 5.10 Å². The molecule has 2 amide bonds. The van der Waals surface area contributed by atoms with Gasteiger partial charge in [0.15, 0.2) is 0 Å². The van der Waals surface area contributed by atoms with Crippen molar-refractivity contribution in [3.05, 3.63) is 40.8 Å². The molecule has 4 rings (SSSR count). The van der Waals surface area contributed by atoms with Crippen LogP contribution in [0.4, 0.5) is 5.69 Å². The van der Waals surface area contributed by atoms with Crippen molar-refractivity contribution >= 4 is 35.0 Å². The zero-order valence-corrected chi connectivity index (χ0v) is 18.0. The summed E-state index contributed by atoms with van der Waals surface area (Å²) in [4.78, 5) is 27.1. The minimum Gasteiger partial charge on any atom is -0.345 e. The normalized spacial score (nSPS) is 24.0. The maximum Gasteiger partial charge on any atom is 0.261 e. The fraction of sp³-hybridized carbons (Fsp3) is 0.500. The van der Waals surface area contributed by atoms with E-state index in [1.807, 2.05) is 0 Å². The Kier molecular flexibility index (Phi) is 5.67. The molecule has 3 aliphatic rings. The molecule has 0 bridgehead atoms. The Morgan fingerprint density at radius 1 is 1.14 bits per heavy atom. The Bertz CT molecular complexity index is 856. The van der Waals surface area contributed by atoms with E-state index in [9.17, 15) is 9.59 Å². The number of hydrogen-bond donors (Lipinski definition) is 1. The van der Waals surface area contributed by atoms with Crippen molar-refractivity contribution in [3.63, 3.8) is 0 Å². The standard InChI is InChI=1S/C22H28N4O2S/c1-14-18-13-19(29-22(18)26(24-14)17-7-5-4-6-8-17)20(27)23-16-11-9-15(10-12-16)21(28)25(2)3/h9-13,17-18,22H,4-8H2,1-3H3,(H,23,27). The zero-order valence-electron chi connectivity index (χ0n) is 17.2. The molecular formula is C22H28N4O2S. The van der Waals surface area contributed by atoms with E-state index in [-0.39, 0.29) is 23.1 Å². The predicted octanol–water partition coefficient (Wildman–Crippen LogP) is 3.92. The molecule has 1 N–H and O–H groups in total. The highest BCUT2D eigenvalue weighted by atomic mass is 32.2. The summed E-state index contributed by atoms with van der Waals surface area (Å²) in [5.74, 6) is 0.0672. The number of fused-ring (bicyclic) bond motifs is 1. The number of nitrogens with zero attached hydrogens (tertiary/aromatic N) is 3. The van der Waals surface area contributed by atoms with Gasteiger partial charge in [0.05, 0.1) is 10.8 Å². The maximum absolute atomic E-state index is 12.8.